The lowest BCUT2D eigenvalue weighted by atomic mass is 9.85. The van der Waals surface area contributed by atoms with Crippen LogP contribution in [0.1, 0.15) is 49.4 Å². The van der Waals surface area contributed by atoms with Gasteiger partial charge in [0.25, 0.3) is 0 Å². The summed E-state index contributed by atoms with van der Waals surface area (Å²) < 4.78 is 0. The fourth-order valence-electron chi connectivity index (χ4n) is 2.31. The monoisotopic (exact) mass is 247 g/mol. The van der Waals surface area contributed by atoms with Crippen molar-refractivity contribution < 1.29 is 0 Å². The van der Waals surface area contributed by atoms with Gasteiger partial charge in [0.1, 0.15) is 17.5 Å². The summed E-state index contributed by atoms with van der Waals surface area (Å²) in [4.78, 5) is 9.14. The smallest absolute Gasteiger partial charge is 0.148 e. The van der Waals surface area contributed by atoms with Crippen LogP contribution in [0.25, 0.3) is 0 Å². The van der Waals surface area contributed by atoms with Crippen LogP contribution in [0.4, 0.5) is 11.6 Å². The molecule has 2 aliphatic carbocycles. The standard InChI is InChI=1S/C13H21N5/c1-8-11(15-7-9-3-2-4-9)16-13(10-5-6-10)17-12(8)18-14/h9-10H,2-7,14H2,1H3,(H2,15,16,17,18). The predicted molar refractivity (Wildman–Crippen MR) is 72.4 cm³/mol. The zero-order valence-corrected chi connectivity index (χ0v) is 10.9. The summed E-state index contributed by atoms with van der Waals surface area (Å²) in [6.07, 6.45) is 6.46. The second-order valence-electron chi connectivity index (χ2n) is 5.50. The maximum Gasteiger partial charge on any atom is 0.148 e. The number of anilines is 2. The van der Waals surface area contributed by atoms with E-state index in [-0.39, 0.29) is 0 Å². The third-order valence-electron chi connectivity index (χ3n) is 4.03. The molecule has 1 aromatic rings. The first-order chi connectivity index (χ1) is 8.78. The molecule has 0 spiro atoms. The van der Waals surface area contributed by atoms with E-state index < -0.39 is 0 Å². The van der Waals surface area contributed by atoms with Crippen LogP contribution in [0, 0.1) is 12.8 Å². The molecule has 5 heteroatoms. The van der Waals surface area contributed by atoms with Crippen molar-refractivity contribution in [2.45, 2.75) is 44.9 Å². The summed E-state index contributed by atoms with van der Waals surface area (Å²) in [5.74, 6) is 9.53. The molecular formula is C13H21N5. The zero-order valence-electron chi connectivity index (χ0n) is 10.9. The average molecular weight is 247 g/mol. The van der Waals surface area contributed by atoms with Gasteiger partial charge in [0.2, 0.25) is 0 Å². The molecule has 18 heavy (non-hydrogen) atoms. The molecule has 1 heterocycles. The highest BCUT2D eigenvalue weighted by Gasteiger charge is 2.28. The van der Waals surface area contributed by atoms with Gasteiger partial charge in [0, 0.05) is 18.0 Å². The van der Waals surface area contributed by atoms with E-state index in [2.05, 4.69) is 20.7 Å². The molecule has 0 saturated heterocycles. The number of hydrogen-bond donors (Lipinski definition) is 3. The van der Waals surface area contributed by atoms with E-state index in [9.17, 15) is 0 Å². The summed E-state index contributed by atoms with van der Waals surface area (Å²) in [5, 5.41) is 3.47. The molecule has 0 bridgehead atoms. The predicted octanol–water partition coefficient (Wildman–Crippen LogP) is 2.16. The maximum absolute atomic E-state index is 5.53. The van der Waals surface area contributed by atoms with Crippen LogP contribution in [0.2, 0.25) is 0 Å². The summed E-state index contributed by atoms with van der Waals surface area (Å²) in [6.45, 7) is 3.03. The van der Waals surface area contributed by atoms with Crippen molar-refractivity contribution in [3.63, 3.8) is 0 Å². The van der Waals surface area contributed by atoms with Crippen LogP contribution in [0.3, 0.4) is 0 Å². The molecule has 4 N–H and O–H groups in total. The Hall–Kier alpha value is -1.36. The minimum absolute atomic E-state index is 0.543. The van der Waals surface area contributed by atoms with Crippen LogP contribution in [-0.4, -0.2) is 16.5 Å². The lowest BCUT2D eigenvalue weighted by molar-refractivity contribution is 0.333. The van der Waals surface area contributed by atoms with Gasteiger partial charge in [0.15, 0.2) is 0 Å². The van der Waals surface area contributed by atoms with E-state index in [1.54, 1.807) is 0 Å². The summed E-state index contributed by atoms with van der Waals surface area (Å²) >= 11 is 0. The summed E-state index contributed by atoms with van der Waals surface area (Å²) in [5.41, 5.74) is 3.70. The van der Waals surface area contributed by atoms with Crippen LogP contribution in [0.5, 0.6) is 0 Å². The van der Waals surface area contributed by atoms with Gasteiger partial charge in [-0.05, 0) is 38.5 Å². The maximum atomic E-state index is 5.53. The number of hydrazine groups is 1. The van der Waals surface area contributed by atoms with Crippen LogP contribution in [0.15, 0.2) is 0 Å². The topological polar surface area (TPSA) is 75.9 Å². The summed E-state index contributed by atoms with van der Waals surface area (Å²) in [7, 11) is 0. The van der Waals surface area contributed by atoms with E-state index in [4.69, 9.17) is 5.84 Å². The first kappa shape index (κ1) is 11.7. The third kappa shape index (κ3) is 2.27. The van der Waals surface area contributed by atoms with Crippen LogP contribution < -0.4 is 16.6 Å². The minimum Gasteiger partial charge on any atom is -0.369 e. The van der Waals surface area contributed by atoms with Crippen molar-refractivity contribution >= 4 is 11.6 Å². The highest BCUT2D eigenvalue weighted by atomic mass is 15.3. The Labute approximate surface area is 108 Å². The fraction of sp³-hybridized carbons (Fsp3) is 0.692. The molecular weight excluding hydrogens is 226 g/mol. The van der Waals surface area contributed by atoms with Gasteiger partial charge >= 0.3 is 0 Å². The molecule has 2 fully saturated rings. The lowest BCUT2D eigenvalue weighted by Crippen LogP contribution is -2.22. The van der Waals surface area contributed by atoms with Crippen LogP contribution >= 0.6 is 0 Å². The van der Waals surface area contributed by atoms with Crippen LogP contribution in [-0.2, 0) is 0 Å². The van der Waals surface area contributed by atoms with Gasteiger partial charge in [-0.2, -0.15) is 0 Å². The Kier molecular flexibility index (Phi) is 3.07. The van der Waals surface area contributed by atoms with Crippen molar-refractivity contribution in [1.82, 2.24) is 9.97 Å². The van der Waals surface area contributed by atoms with Gasteiger partial charge in [0.05, 0.1) is 0 Å². The molecule has 0 aliphatic heterocycles. The highest BCUT2D eigenvalue weighted by molar-refractivity contribution is 5.57. The number of aromatic nitrogens is 2. The lowest BCUT2D eigenvalue weighted by Gasteiger charge is -2.26. The Morgan fingerprint density at radius 1 is 1.17 bits per heavy atom. The Balaban J connectivity index is 1.78. The number of nitrogens with two attached hydrogens (primary N) is 1. The van der Waals surface area contributed by atoms with E-state index in [1.807, 2.05) is 6.92 Å². The fourth-order valence-corrected chi connectivity index (χ4v) is 2.31. The Morgan fingerprint density at radius 3 is 2.44 bits per heavy atom. The minimum atomic E-state index is 0.543. The first-order valence-corrected chi connectivity index (χ1v) is 6.87. The molecule has 0 amide bonds. The normalized spacial score (nSPS) is 19.4. The zero-order chi connectivity index (χ0) is 12.5. The number of nitrogens with zero attached hydrogens (tertiary/aromatic N) is 2. The highest BCUT2D eigenvalue weighted by Crippen LogP contribution is 2.39. The van der Waals surface area contributed by atoms with Gasteiger partial charge in [-0.1, -0.05) is 6.42 Å². The van der Waals surface area contributed by atoms with E-state index in [1.165, 1.54) is 32.1 Å². The molecule has 3 rings (SSSR count). The quantitative estimate of drug-likeness (QED) is 0.549. The molecule has 0 radical (unpaired) electrons. The van der Waals surface area contributed by atoms with Crippen molar-refractivity contribution in [1.29, 1.82) is 0 Å². The van der Waals surface area contributed by atoms with E-state index in [0.717, 1.165) is 35.5 Å². The SMILES string of the molecule is Cc1c(NN)nc(C2CC2)nc1NCC1CCC1. The number of hydrogen-bond acceptors (Lipinski definition) is 5. The van der Waals surface area contributed by atoms with Crippen molar-refractivity contribution in [2.75, 3.05) is 17.3 Å². The summed E-state index contributed by atoms with van der Waals surface area (Å²) in [6, 6.07) is 0. The first-order valence-electron chi connectivity index (χ1n) is 6.87. The molecule has 5 nitrogen and oxygen atoms in total. The van der Waals surface area contributed by atoms with Crippen molar-refractivity contribution in [2.24, 2.45) is 11.8 Å². The Bertz CT molecular complexity index is 437. The number of rotatable bonds is 5. The molecule has 98 valence electrons. The number of nitrogen functional groups attached to an aromatic ring is 1. The van der Waals surface area contributed by atoms with Gasteiger partial charge in [-0.3, -0.25) is 0 Å². The van der Waals surface area contributed by atoms with Gasteiger partial charge in [-0.25, -0.2) is 15.8 Å². The second-order valence-corrected chi connectivity index (χ2v) is 5.50. The largest absolute Gasteiger partial charge is 0.369 e. The van der Waals surface area contributed by atoms with Crippen molar-refractivity contribution in [3.8, 4) is 0 Å². The molecule has 0 atom stereocenters. The molecule has 0 unspecified atom stereocenters. The van der Waals surface area contributed by atoms with Gasteiger partial charge in [-0.15, -0.1) is 0 Å². The third-order valence-corrected chi connectivity index (χ3v) is 4.03. The van der Waals surface area contributed by atoms with E-state index >= 15 is 0 Å². The molecule has 2 aliphatic rings. The molecule has 2 saturated carbocycles. The van der Waals surface area contributed by atoms with Crippen molar-refractivity contribution in [3.05, 3.63) is 11.4 Å². The Morgan fingerprint density at radius 2 is 1.89 bits per heavy atom. The second kappa shape index (κ2) is 4.72. The molecule has 0 aromatic carbocycles. The van der Waals surface area contributed by atoms with E-state index in [0.29, 0.717) is 5.92 Å². The molecule has 1 aromatic heterocycles. The van der Waals surface area contributed by atoms with Gasteiger partial charge < -0.3 is 10.7 Å². The average Bonchev–Trinajstić information content (AvgIpc) is 3.13. The number of nitrogens with one attached hydrogen (secondary N) is 2.